The monoisotopic (exact) mass is 286 g/mol. The topological polar surface area (TPSA) is 63.1 Å². The second kappa shape index (κ2) is 8.84. The van der Waals surface area contributed by atoms with Crippen LogP contribution in [0, 0.1) is 6.92 Å². The summed E-state index contributed by atoms with van der Waals surface area (Å²) in [6.07, 6.45) is 5.09. The molecule has 0 radical (unpaired) electrons. The van der Waals surface area contributed by atoms with Gasteiger partial charge in [-0.1, -0.05) is 13.8 Å². The van der Waals surface area contributed by atoms with Crippen LogP contribution in [0.4, 0.5) is 0 Å². The molecule has 2 aromatic rings. The van der Waals surface area contributed by atoms with Crippen LogP contribution in [0.3, 0.4) is 0 Å². The number of hydrogen-bond donors (Lipinski definition) is 1. The van der Waals surface area contributed by atoms with Crippen molar-refractivity contribution in [3.05, 3.63) is 47.8 Å². The van der Waals surface area contributed by atoms with E-state index in [-0.39, 0.29) is 6.42 Å². The molecule has 4 heteroatoms. The Morgan fingerprint density at radius 2 is 1.71 bits per heavy atom. The lowest BCUT2D eigenvalue weighted by molar-refractivity contribution is -0.137. The Kier molecular flexibility index (Phi) is 7.09. The smallest absolute Gasteiger partial charge is 0.303 e. The summed E-state index contributed by atoms with van der Waals surface area (Å²) in [7, 11) is 0. The van der Waals surface area contributed by atoms with Crippen molar-refractivity contribution >= 4 is 5.97 Å². The lowest BCUT2D eigenvalue weighted by Gasteiger charge is -2.04. The molecule has 0 fully saturated rings. The quantitative estimate of drug-likeness (QED) is 0.905. The molecule has 0 spiro atoms. The molecule has 0 saturated carbocycles. The predicted octanol–water partition coefficient (Wildman–Crippen LogP) is 3.89. The predicted molar refractivity (Wildman–Crippen MR) is 84.1 cm³/mol. The molecule has 0 amide bonds. The molecular formula is C17H22N2O2. The van der Waals surface area contributed by atoms with Crippen LogP contribution in [0.25, 0.3) is 11.4 Å². The van der Waals surface area contributed by atoms with Gasteiger partial charge in [0.2, 0.25) is 0 Å². The summed E-state index contributed by atoms with van der Waals surface area (Å²) in [6, 6.07) is 7.83. The van der Waals surface area contributed by atoms with Crippen LogP contribution < -0.4 is 0 Å². The molecule has 0 aliphatic carbocycles. The first-order valence-electron chi connectivity index (χ1n) is 7.25. The maximum absolute atomic E-state index is 10.5. The highest BCUT2D eigenvalue weighted by atomic mass is 16.4. The number of aliphatic carboxylic acids is 1. The van der Waals surface area contributed by atoms with Gasteiger partial charge < -0.3 is 5.11 Å². The number of carbonyl (C=O) groups is 1. The highest BCUT2D eigenvalue weighted by Gasteiger charge is 2.03. The molecule has 2 heterocycles. The van der Waals surface area contributed by atoms with Crippen LogP contribution >= 0.6 is 0 Å². The van der Waals surface area contributed by atoms with E-state index < -0.39 is 5.97 Å². The fourth-order valence-corrected chi connectivity index (χ4v) is 1.89. The summed E-state index contributed by atoms with van der Waals surface area (Å²) in [5.41, 5.74) is 3.91. The van der Waals surface area contributed by atoms with Crippen LogP contribution in [-0.4, -0.2) is 21.0 Å². The zero-order valence-corrected chi connectivity index (χ0v) is 12.8. The summed E-state index contributed by atoms with van der Waals surface area (Å²) >= 11 is 0. The van der Waals surface area contributed by atoms with Crippen molar-refractivity contribution in [2.24, 2.45) is 0 Å². The Labute approximate surface area is 125 Å². The van der Waals surface area contributed by atoms with E-state index in [1.807, 2.05) is 45.0 Å². The van der Waals surface area contributed by atoms with Crippen molar-refractivity contribution in [3.63, 3.8) is 0 Å². The van der Waals surface area contributed by atoms with Crippen LogP contribution in [0.5, 0.6) is 0 Å². The largest absolute Gasteiger partial charge is 0.481 e. The molecule has 0 bridgehead atoms. The third kappa shape index (κ3) is 5.73. The first kappa shape index (κ1) is 16.8. The van der Waals surface area contributed by atoms with Crippen molar-refractivity contribution in [2.45, 2.75) is 40.0 Å². The Hall–Kier alpha value is -2.23. The summed E-state index contributed by atoms with van der Waals surface area (Å²) < 4.78 is 0. The molecule has 21 heavy (non-hydrogen) atoms. The van der Waals surface area contributed by atoms with Gasteiger partial charge in [-0.25, -0.2) is 0 Å². The van der Waals surface area contributed by atoms with Gasteiger partial charge in [0.15, 0.2) is 0 Å². The Balaban J connectivity index is 0.00000106. The molecule has 0 unspecified atom stereocenters. The van der Waals surface area contributed by atoms with E-state index in [0.717, 1.165) is 28.9 Å². The van der Waals surface area contributed by atoms with E-state index >= 15 is 0 Å². The zero-order valence-electron chi connectivity index (χ0n) is 12.8. The molecule has 0 aliphatic rings. The first-order chi connectivity index (χ1) is 10.1. The molecule has 112 valence electrons. The fourth-order valence-electron chi connectivity index (χ4n) is 1.89. The average Bonchev–Trinajstić information content (AvgIpc) is 2.49. The maximum atomic E-state index is 10.5. The van der Waals surface area contributed by atoms with E-state index in [1.165, 1.54) is 0 Å². The van der Waals surface area contributed by atoms with Gasteiger partial charge in [-0.05, 0) is 55.2 Å². The molecule has 2 aromatic heterocycles. The lowest BCUT2D eigenvalue weighted by atomic mass is 10.1. The Morgan fingerprint density at radius 1 is 1.10 bits per heavy atom. The highest BCUT2D eigenvalue weighted by Crippen LogP contribution is 2.17. The first-order valence-corrected chi connectivity index (χ1v) is 7.25. The van der Waals surface area contributed by atoms with Gasteiger partial charge in [-0.2, -0.15) is 0 Å². The standard InChI is InChI=1S/C15H16N2O2.C2H6/c1-11-5-7-16-13(9-11)14-10-12(6-8-17-14)3-2-4-15(18)19;1-2/h5-10H,2-4H2,1H3,(H,18,19);1-2H3. The number of nitrogens with zero attached hydrogens (tertiary/aromatic N) is 2. The maximum Gasteiger partial charge on any atom is 0.303 e. The number of carboxylic acids is 1. The number of aryl methyl sites for hydroxylation is 2. The molecular weight excluding hydrogens is 264 g/mol. The zero-order chi connectivity index (χ0) is 15.7. The van der Waals surface area contributed by atoms with E-state index in [0.29, 0.717) is 6.42 Å². The molecule has 4 nitrogen and oxygen atoms in total. The van der Waals surface area contributed by atoms with Crippen LogP contribution in [-0.2, 0) is 11.2 Å². The normalized spacial score (nSPS) is 9.67. The minimum absolute atomic E-state index is 0.195. The second-order valence-electron chi connectivity index (χ2n) is 4.52. The molecule has 0 saturated heterocycles. The van der Waals surface area contributed by atoms with Crippen molar-refractivity contribution in [3.8, 4) is 11.4 Å². The van der Waals surface area contributed by atoms with Crippen LogP contribution in [0.15, 0.2) is 36.7 Å². The number of rotatable bonds is 5. The van der Waals surface area contributed by atoms with E-state index in [9.17, 15) is 4.79 Å². The Bertz CT molecular complexity index is 583. The van der Waals surface area contributed by atoms with Crippen molar-refractivity contribution in [2.75, 3.05) is 0 Å². The number of hydrogen-bond acceptors (Lipinski definition) is 3. The summed E-state index contributed by atoms with van der Waals surface area (Å²) in [4.78, 5) is 19.1. The minimum atomic E-state index is -0.755. The van der Waals surface area contributed by atoms with E-state index in [4.69, 9.17) is 5.11 Å². The molecule has 2 rings (SSSR count). The lowest BCUT2D eigenvalue weighted by Crippen LogP contribution is -1.96. The SMILES string of the molecule is CC.Cc1ccnc(-c2cc(CCCC(=O)O)ccn2)c1. The minimum Gasteiger partial charge on any atom is -0.481 e. The molecule has 0 aliphatic heterocycles. The molecule has 1 N–H and O–H groups in total. The van der Waals surface area contributed by atoms with E-state index in [2.05, 4.69) is 9.97 Å². The summed E-state index contributed by atoms with van der Waals surface area (Å²) in [6.45, 7) is 6.02. The third-order valence-corrected chi connectivity index (χ3v) is 2.86. The van der Waals surface area contributed by atoms with Crippen molar-refractivity contribution in [1.29, 1.82) is 0 Å². The number of aromatic nitrogens is 2. The second-order valence-corrected chi connectivity index (χ2v) is 4.52. The summed E-state index contributed by atoms with van der Waals surface area (Å²) in [5, 5.41) is 8.63. The van der Waals surface area contributed by atoms with Gasteiger partial charge in [0.25, 0.3) is 0 Å². The third-order valence-electron chi connectivity index (χ3n) is 2.86. The van der Waals surface area contributed by atoms with Crippen LogP contribution in [0.2, 0.25) is 0 Å². The van der Waals surface area contributed by atoms with Gasteiger partial charge in [-0.3, -0.25) is 14.8 Å². The van der Waals surface area contributed by atoms with Crippen LogP contribution in [0.1, 0.15) is 37.8 Å². The Morgan fingerprint density at radius 3 is 2.33 bits per heavy atom. The van der Waals surface area contributed by atoms with E-state index in [1.54, 1.807) is 12.4 Å². The van der Waals surface area contributed by atoms with Gasteiger partial charge in [0.05, 0.1) is 11.4 Å². The van der Waals surface area contributed by atoms with Gasteiger partial charge in [-0.15, -0.1) is 0 Å². The van der Waals surface area contributed by atoms with Gasteiger partial charge >= 0.3 is 5.97 Å². The average molecular weight is 286 g/mol. The number of carboxylic acid groups (broad SMARTS) is 1. The highest BCUT2D eigenvalue weighted by molar-refractivity contribution is 5.66. The van der Waals surface area contributed by atoms with Crippen molar-refractivity contribution < 1.29 is 9.90 Å². The molecule has 0 aromatic carbocycles. The van der Waals surface area contributed by atoms with Gasteiger partial charge in [0, 0.05) is 18.8 Å². The summed E-state index contributed by atoms with van der Waals surface area (Å²) in [5.74, 6) is -0.755. The van der Waals surface area contributed by atoms with Crippen molar-refractivity contribution in [1.82, 2.24) is 9.97 Å². The number of pyridine rings is 2. The fraction of sp³-hybridized carbons (Fsp3) is 0.353. The molecule has 0 atom stereocenters. The van der Waals surface area contributed by atoms with Gasteiger partial charge in [0.1, 0.15) is 0 Å².